The maximum Gasteiger partial charge on any atom is 0.251 e. The lowest BCUT2D eigenvalue weighted by atomic mass is 10.2. The van der Waals surface area contributed by atoms with Crippen LogP contribution >= 0.6 is 0 Å². The Bertz CT molecular complexity index is 672. The van der Waals surface area contributed by atoms with Crippen LogP contribution in [0, 0.1) is 0 Å². The fraction of sp³-hybridized carbons (Fsp3) is 0.444. The molecule has 1 fully saturated rings. The Labute approximate surface area is 152 Å². The lowest BCUT2D eigenvalue weighted by molar-refractivity contribution is -0.125. The average Bonchev–Trinajstić information content (AvgIpc) is 3.08. The molecule has 3 N–H and O–H groups in total. The molecule has 0 spiro atoms. The molecule has 1 saturated heterocycles. The Morgan fingerprint density at radius 3 is 2.27 bits per heavy atom. The van der Waals surface area contributed by atoms with Crippen molar-refractivity contribution in [3.63, 3.8) is 0 Å². The lowest BCUT2D eigenvalue weighted by Crippen LogP contribution is -2.42. The highest BCUT2D eigenvalue weighted by atomic mass is 16.2. The minimum Gasteiger partial charge on any atom is -0.355 e. The molecule has 1 aromatic rings. The SMILES string of the molecule is CCCNC(=O)CNC(=O)CNC(=O)c1ccc(N2CCCC2=O)cc1. The Kier molecular flexibility index (Phi) is 7.13. The van der Waals surface area contributed by atoms with Crippen LogP contribution in [0.3, 0.4) is 0 Å². The van der Waals surface area contributed by atoms with Crippen LogP contribution in [-0.2, 0) is 14.4 Å². The first kappa shape index (κ1) is 19.4. The van der Waals surface area contributed by atoms with E-state index in [0.29, 0.717) is 25.1 Å². The minimum atomic E-state index is -0.440. The van der Waals surface area contributed by atoms with Crippen LogP contribution < -0.4 is 20.9 Å². The molecule has 0 aromatic heterocycles. The number of hydrogen-bond donors (Lipinski definition) is 3. The van der Waals surface area contributed by atoms with Crippen LogP contribution in [0.25, 0.3) is 0 Å². The van der Waals surface area contributed by atoms with Gasteiger partial charge in [0.1, 0.15) is 0 Å². The molecule has 1 aromatic carbocycles. The highest BCUT2D eigenvalue weighted by Gasteiger charge is 2.21. The Hall–Kier alpha value is -2.90. The van der Waals surface area contributed by atoms with E-state index in [-0.39, 0.29) is 24.9 Å². The van der Waals surface area contributed by atoms with Crippen molar-refractivity contribution in [1.82, 2.24) is 16.0 Å². The van der Waals surface area contributed by atoms with Crippen LogP contribution in [0.2, 0.25) is 0 Å². The van der Waals surface area contributed by atoms with Gasteiger partial charge in [-0.25, -0.2) is 0 Å². The van der Waals surface area contributed by atoms with Crippen molar-refractivity contribution in [3.05, 3.63) is 29.8 Å². The van der Waals surface area contributed by atoms with E-state index in [1.807, 2.05) is 6.92 Å². The van der Waals surface area contributed by atoms with Gasteiger partial charge in [0.15, 0.2) is 0 Å². The molecule has 2 rings (SSSR count). The summed E-state index contributed by atoms with van der Waals surface area (Å²) in [6, 6.07) is 6.67. The van der Waals surface area contributed by atoms with Gasteiger partial charge in [-0.15, -0.1) is 0 Å². The molecule has 8 nitrogen and oxygen atoms in total. The summed E-state index contributed by atoms with van der Waals surface area (Å²) in [7, 11) is 0. The molecule has 0 aliphatic carbocycles. The number of carbonyl (C=O) groups excluding carboxylic acids is 4. The topological polar surface area (TPSA) is 108 Å². The number of anilines is 1. The van der Waals surface area contributed by atoms with Crippen molar-refractivity contribution in [2.45, 2.75) is 26.2 Å². The molecule has 0 atom stereocenters. The predicted molar refractivity (Wildman–Crippen MR) is 96.7 cm³/mol. The number of amides is 4. The van der Waals surface area contributed by atoms with Crippen LogP contribution in [-0.4, -0.2) is 49.8 Å². The number of nitrogens with one attached hydrogen (secondary N) is 3. The molecule has 0 bridgehead atoms. The van der Waals surface area contributed by atoms with Gasteiger partial charge in [0.05, 0.1) is 13.1 Å². The molecule has 140 valence electrons. The zero-order valence-corrected chi connectivity index (χ0v) is 14.8. The zero-order chi connectivity index (χ0) is 18.9. The number of nitrogens with zero attached hydrogens (tertiary/aromatic N) is 1. The average molecular weight is 360 g/mol. The van der Waals surface area contributed by atoms with Crippen LogP contribution in [0.5, 0.6) is 0 Å². The van der Waals surface area contributed by atoms with E-state index in [1.54, 1.807) is 29.2 Å². The van der Waals surface area contributed by atoms with Gasteiger partial charge in [0, 0.05) is 30.8 Å². The van der Waals surface area contributed by atoms with E-state index in [9.17, 15) is 19.2 Å². The van der Waals surface area contributed by atoms with Crippen LogP contribution in [0.1, 0.15) is 36.5 Å². The molecule has 0 saturated carbocycles. The van der Waals surface area contributed by atoms with E-state index < -0.39 is 11.8 Å². The summed E-state index contributed by atoms with van der Waals surface area (Å²) in [6.45, 7) is 2.85. The second-order valence-electron chi connectivity index (χ2n) is 6.01. The van der Waals surface area contributed by atoms with Gasteiger partial charge < -0.3 is 20.9 Å². The molecule has 1 aliphatic rings. The van der Waals surface area contributed by atoms with E-state index >= 15 is 0 Å². The fourth-order valence-corrected chi connectivity index (χ4v) is 2.54. The lowest BCUT2D eigenvalue weighted by Gasteiger charge is -2.15. The minimum absolute atomic E-state index is 0.0850. The number of rotatable bonds is 8. The zero-order valence-electron chi connectivity index (χ0n) is 14.8. The Morgan fingerprint density at radius 1 is 1.00 bits per heavy atom. The maximum atomic E-state index is 12.1. The smallest absolute Gasteiger partial charge is 0.251 e. The van der Waals surface area contributed by atoms with Crippen LogP contribution in [0.4, 0.5) is 5.69 Å². The van der Waals surface area contributed by atoms with Crippen molar-refractivity contribution < 1.29 is 19.2 Å². The molecule has 8 heteroatoms. The van der Waals surface area contributed by atoms with Gasteiger partial charge in [0.2, 0.25) is 17.7 Å². The van der Waals surface area contributed by atoms with E-state index in [1.165, 1.54) is 0 Å². The first-order chi connectivity index (χ1) is 12.5. The Morgan fingerprint density at radius 2 is 1.65 bits per heavy atom. The van der Waals surface area contributed by atoms with Gasteiger partial charge in [-0.05, 0) is 37.1 Å². The molecule has 0 unspecified atom stereocenters. The van der Waals surface area contributed by atoms with Crippen molar-refractivity contribution >= 4 is 29.3 Å². The van der Waals surface area contributed by atoms with Gasteiger partial charge in [0.25, 0.3) is 5.91 Å². The first-order valence-electron chi connectivity index (χ1n) is 8.73. The standard InChI is InChI=1S/C18H24N4O4/c1-2-9-19-15(23)11-20-16(24)12-21-18(26)13-5-7-14(8-6-13)22-10-3-4-17(22)25/h5-8H,2-4,9-12H2,1H3,(H,19,23)(H,20,24)(H,21,26). The van der Waals surface area contributed by atoms with Gasteiger partial charge in [-0.1, -0.05) is 6.92 Å². The van der Waals surface area contributed by atoms with E-state index in [0.717, 1.165) is 18.5 Å². The second kappa shape index (κ2) is 9.55. The highest BCUT2D eigenvalue weighted by Crippen LogP contribution is 2.21. The van der Waals surface area contributed by atoms with Crippen molar-refractivity contribution in [3.8, 4) is 0 Å². The fourth-order valence-electron chi connectivity index (χ4n) is 2.54. The molecule has 1 heterocycles. The van der Waals surface area contributed by atoms with Crippen molar-refractivity contribution in [2.24, 2.45) is 0 Å². The number of hydrogen-bond acceptors (Lipinski definition) is 4. The third kappa shape index (κ3) is 5.58. The predicted octanol–water partition coefficient (Wildman–Crippen LogP) is 0.186. The maximum absolute atomic E-state index is 12.1. The monoisotopic (exact) mass is 360 g/mol. The van der Waals surface area contributed by atoms with Gasteiger partial charge >= 0.3 is 0 Å². The molecular formula is C18H24N4O4. The molecule has 4 amide bonds. The quantitative estimate of drug-likeness (QED) is 0.615. The summed E-state index contributed by atoms with van der Waals surface area (Å²) in [5, 5.41) is 7.58. The third-order valence-corrected chi connectivity index (χ3v) is 3.94. The molecule has 0 radical (unpaired) electrons. The van der Waals surface area contributed by atoms with Gasteiger partial charge in [-0.2, -0.15) is 0 Å². The highest BCUT2D eigenvalue weighted by molar-refractivity contribution is 5.98. The summed E-state index contributed by atoms with van der Waals surface area (Å²) in [5.41, 5.74) is 1.16. The van der Waals surface area contributed by atoms with Crippen LogP contribution in [0.15, 0.2) is 24.3 Å². The summed E-state index contributed by atoms with van der Waals surface area (Å²) in [6.07, 6.45) is 2.21. The number of carbonyl (C=O) groups is 4. The second-order valence-corrected chi connectivity index (χ2v) is 6.01. The Balaban J connectivity index is 1.76. The van der Waals surface area contributed by atoms with E-state index in [2.05, 4.69) is 16.0 Å². The summed E-state index contributed by atoms with van der Waals surface area (Å²) < 4.78 is 0. The molecule has 1 aliphatic heterocycles. The third-order valence-electron chi connectivity index (χ3n) is 3.94. The van der Waals surface area contributed by atoms with Crippen molar-refractivity contribution in [2.75, 3.05) is 31.1 Å². The summed E-state index contributed by atoms with van der Waals surface area (Å²) in [5.74, 6) is -1.01. The summed E-state index contributed by atoms with van der Waals surface area (Å²) in [4.78, 5) is 48.5. The molecule has 26 heavy (non-hydrogen) atoms. The van der Waals surface area contributed by atoms with Gasteiger partial charge in [-0.3, -0.25) is 19.2 Å². The largest absolute Gasteiger partial charge is 0.355 e. The normalized spacial score (nSPS) is 13.4. The van der Waals surface area contributed by atoms with Crippen molar-refractivity contribution in [1.29, 1.82) is 0 Å². The number of benzene rings is 1. The molecular weight excluding hydrogens is 336 g/mol. The van der Waals surface area contributed by atoms with E-state index in [4.69, 9.17) is 0 Å². The summed E-state index contributed by atoms with van der Waals surface area (Å²) >= 11 is 0. The first-order valence-corrected chi connectivity index (χ1v) is 8.73.